The second kappa shape index (κ2) is 5.42. The maximum Gasteiger partial charge on any atom is 0.232 e. The fraction of sp³-hybridized carbons (Fsp3) is 0.154. The molecular weight excluding hydrogens is 268 g/mol. The van der Waals surface area contributed by atoms with Crippen molar-refractivity contribution < 1.29 is 4.79 Å². The van der Waals surface area contributed by atoms with E-state index in [0.29, 0.717) is 22.8 Å². The largest absolute Gasteiger partial charge is 0.397 e. The van der Waals surface area contributed by atoms with Crippen molar-refractivity contribution >= 4 is 40.2 Å². The number of carbonyl (C=O) groups is 1. The van der Waals surface area contributed by atoms with Crippen molar-refractivity contribution in [2.45, 2.75) is 6.42 Å². The second-order valence-corrected chi connectivity index (χ2v) is 5.38. The van der Waals surface area contributed by atoms with E-state index in [1.54, 1.807) is 41.5 Å². The number of amides is 1. The molecule has 1 aromatic carbocycles. The van der Waals surface area contributed by atoms with Crippen LogP contribution in [0, 0.1) is 0 Å². The molecule has 18 heavy (non-hydrogen) atoms. The van der Waals surface area contributed by atoms with E-state index in [9.17, 15) is 4.79 Å². The highest BCUT2D eigenvalue weighted by molar-refractivity contribution is 7.10. The molecule has 0 bridgehead atoms. The van der Waals surface area contributed by atoms with Crippen LogP contribution in [-0.2, 0) is 11.2 Å². The number of halogens is 1. The summed E-state index contributed by atoms with van der Waals surface area (Å²) < 4.78 is 0. The molecule has 0 aliphatic rings. The molecule has 0 radical (unpaired) electrons. The van der Waals surface area contributed by atoms with Crippen LogP contribution in [-0.4, -0.2) is 13.0 Å². The monoisotopic (exact) mass is 280 g/mol. The molecule has 2 aromatic rings. The van der Waals surface area contributed by atoms with E-state index in [1.807, 2.05) is 17.5 Å². The van der Waals surface area contributed by atoms with Crippen molar-refractivity contribution in [3.05, 3.63) is 45.6 Å². The van der Waals surface area contributed by atoms with Crippen LogP contribution in [0.5, 0.6) is 0 Å². The number of nitrogens with two attached hydrogens (primary N) is 1. The molecule has 0 aliphatic heterocycles. The first kappa shape index (κ1) is 12.9. The lowest BCUT2D eigenvalue weighted by molar-refractivity contribution is -0.117. The number of likely N-dealkylation sites (N-methyl/N-ethyl adjacent to an activating group) is 1. The Morgan fingerprint density at radius 1 is 1.44 bits per heavy atom. The van der Waals surface area contributed by atoms with Gasteiger partial charge in [0.1, 0.15) is 0 Å². The number of nitrogen functional groups attached to an aromatic ring is 1. The van der Waals surface area contributed by atoms with Crippen molar-refractivity contribution in [1.29, 1.82) is 0 Å². The molecule has 3 nitrogen and oxygen atoms in total. The second-order valence-electron chi connectivity index (χ2n) is 3.91. The summed E-state index contributed by atoms with van der Waals surface area (Å²) in [5.74, 6) is -0.00795. The van der Waals surface area contributed by atoms with Gasteiger partial charge in [0.2, 0.25) is 5.91 Å². The zero-order chi connectivity index (χ0) is 13.1. The van der Waals surface area contributed by atoms with Crippen molar-refractivity contribution in [2.24, 2.45) is 0 Å². The molecule has 1 amide bonds. The van der Waals surface area contributed by atoms with Gasteiger partial charge in [0.15, 0.2) is 0 Å². The van der Waals surface area contributed by atoms with Gasteiger partial charge < -0.3 is 10.6 Å². The Kier molecular flexibility index (Phi) is 3.89. The van der Waals surface area contributed by atoms with E-state index in [2.05, 4.69) is 0 Å². The van der Waals surface area contributed by atoms with Gasteiger partial charge in [-0.15, -0.1) is 11.3 Å². The molecule has 1 heterocycles. The molecule has 1 aromatic heterocycles. The van der Waals surface area contributed by atoms with E-state index >= 15 is 0 Å². The van der Waals surface area contributed by atoms with Crippen molar-refractivity contribution in [3.8, 4) is 0 Å². The maximum absolute atomic E-state index is 12.1. The van der Waals surface area contributed by atoms with Gasteiger partial charge in [0, 0.05) is 16.9 Å². The Morgan fingerprint density at radius 2 is 2.22 bits per heavy atom. The summed E-state index contributed by atoms with van der Waals surface area (Å²) in [5, 5.41) is 2.52. The summed E-state index contributed by atoms with van der Waals surface area (Å²) in [7, 11) is 1.71. The van der Waals surface area contributed by atoms with Crippen molar-refractivity contribution in [1.82, 2.24) is 0 Å². The topological polar surface area (TPSA) is 46.3 Å². The van der Waals surface area contributed by atoms with Crippen LogP contribution in [0.25, 0.3) is 0 Å². The minimum atomic E-state index is -0.00795. The number of hydrogen-bond donors (Lipinski definition) is 1. The van der Waals surface area contributed by atoms with E-state index in [0.717, 1.165) is 4.88 Å². The van der Waals surface area contributed by atoms with Gasteiger partial charge in [-0.3, -0.25) is 4.79 Å². The lowest BCUT2D eigenvalue weighted by Gasteiger charge is -2.19. The van der Waals surface area contributed by atoms with Gasteiger partial charge in [-0.25, -0.2) is 0 Å². The summed E-state index contributed by atoms with van der Waals surface area (Å²) >= 11 is 7.48. The van der Waals surface area contributed by atoms with Crippen molar-refractivity contribution in [2.75, 3.05) is 17.7 Å². The van der Waals surface area contributed by atoms with E-state index in [4.69, 9.17) is 17.3 Å². The van der Waals surface area contributed by atoms with Crippen LogP contribution in [0.2, 0.25) is 5.02 Å². The molecule has 94 valence electrons. The predicted molar refractivity (Wildman–Crippen MR) is 77.3 cm³/mol. The van der Waals surface area contributed by atoms with E-state index in [1.165, 1.54) is 0 Å². The quantitative estimate of drug-likeness (QED) is 0.878. The molecule has 2 rings (SSSR count). The number of carbonyl (C=O) groups excluding carboxylic acids is 1. The molecule has 0 unspecified atom stereocenters. The number of hydrogen-bond acceptors (Lipinski definition) is 3. The molecule has 5 heteroatoms. The first-order valence-corrected chi connectivity index (χ1v) is 6.67. The van der Waals surface area contributed by atoms with Gasteiger partial charge in [0.25, 0.3) is 0 Å². The van der Waals surface area contributed by atoms with E-state index in [-0.39, 0.29) is 5.91 Å². The molecular formula is C13H13ClN2OS. The smallest absolute Gasteiger partial charge is 0.232 e. The Morgan fingerprint density at radius 3 is 2.89 bits per heavy atom. The average Bonchev–Trinajstić information content (AvgIpc) is 2.84. The Balaban J connectivity index is 2.17. The highest BCUT2D eigenvalue weighted by atomic mass is 35.5. The average molecular weight is 281 g/mol. The van der Waals surface area contributed by atoms with Gasteiger partial charge in [-0.1, -0.05) is 17.7 Å². The van der Waals surface area contributed by atoms with Crippen LogP contribution in [0.1, 0.15) is 4.88 Å². The summed E-state index contributed by atoms with van der Waals surface area (Å²) in [6, 6.07) is 8.98. The number of rotatable bonds is 3. The zero-order valence-corrected chi connectivity index (χ0v) is 11.5. The highest BCUT2D eigenvalue weighted by Crippen LogP contribution is 2.26. The third kappa shape index (κ3) is 2.83. The summed E-state index contributed by atoms with van der Waals surface area (Å²) in [4.78, 5) is 14.7. The third-order valence-electron chi connectivity index (χ3n) is 2.63. The van der Waals surface area contributed by atoms with Crippen LogP contribution < -0.4 is 10.6 Å². The van der Waals surface area contributed by atoms with Crippen LogP contribution in [0.3, 0.4) is 0 Å². The molecule has 2 N–H and O–H groups in total. The van der Waals surface area contributed by atoms with Crippen LogP contribution >= 0.6 is 22.9 Å². The number of thiophene rings is 1. The summed E-state index contributed by atoms with van der Waals surface area (Å²) in [6.45, 7) is 0. The summed E-state index contributed by atoms with van der Waals surface area (Å²) in [6.07, 6.45) is 0.375. The maximum atomic E-state index is 12.1. The fourth-order valence-corrected chi connectivity index (χ4v) is 2.48. The van der Waals surface area contributed by atoms with Gasteiger partial charge in [-0.05, 0) is 29.6 Å². The molecule has 0 atom stereocenters. The van der Waals surface area contributed by atoms with Gasteiger partial charge >= 0.3 is 0 Å². The Bertz CT molecular complexity index is 554. The third-order valence-corrected chi connectivity index (χ3v) is 3.74. The minimum absolute atomic E-state index is 0.00795. The molecule has 0 saturated carbocycles. The standard InChI is InChI=1S/C13H13ClN2OS/c1-16(12-7-9(14)4-5-11(12)15)13(17)8-10-3-2-6-18-10/h2-7H,8,15H2,1H3. The number of benzene rings is 1. The lowest BCUT2D eigenvalue weighted by Crippen LogP contribution is -2.28. The highest BCUT2D eigenvalue weighted by Gasteiger charge is 2.14. The first-order chi connectivity index (χ1) is 8.58. The Labute approximate surface area is 115 Å². The Hall–Kier alpha value is -1.52. The van der Waals surface area contributed by atoms with Crippen LogP contribution in [0.15, 0.2) is 35.7 Å². The molecule has 0 aliphatic carbocycles. The zero-order valence-electron chi connectivity index (χ0n) is 9.89. The SMILES string of the molecule is CN(C(=O)Cc1cccs1)c1cc(Cl)ccc1N. The lowest BCUT2D eigenvalue weighted by atomic mass is 10.2. The molecule has 0 spiro atoms. The van der Waals surface area contributed by atoms with Crippen molar-refractivity contribution in [3.63, 3.8) is 0 Å². The fourth-order valence-electron chi connectivity index (χ4n) is 1.62. The number of anilines is 2. The van der Waals surface area contributed by atoms with Gasteiger partial charge in [0.05, 0.1) is 17.8 Å². The van der Waals surface area contributed by atoms with Gasteiger partial charge in [-0.2, -0.15) is 0 Å². The molecule has 0 saturated heterocycles. The number of nitrogens with zero attached hydrogens (tertiary/aromatic N) is 1. The van der Waals surface area contributed by atoms with Crippen LogP contribution in [0.4, 0.5) is 11.4 Å². The van der Waals surface area contributed by atoms with E-state index < -0.39 is 0 Å². The molecule has 0 fully saturated rings. The normalized spacial score (nSPS) is 10.3. The minimum Gasteiger partial charge on any atom is -0.397 e. The summed E-state index contributed by atoms with van der Waals surface area (Å²) in [5.41, 5.74) is 7.04. The predicted octanol–water partition coefficient (Wildman–Crippen LogP) is 3.19. The first-order valence-electron chi connectivity index (χ1n) is 5.42.